The number of ether oxygens (including phenoxy) is 2. The number of ketones is 1. The van der Waals surface area contributed by atoms with Crippen molar-refractivity contribution in [1.82, 2.24) is 0 Å². The zero-order valence-corrected chi connectivity index (χ0v) is 11.9. The Morgan fingerprint density at radius 3 is 2.50 bits per heavy atom. The van der Waals surface area contributed by atoms with E-state index in [1.807, 2.05) is 13.8 Å². The maximum absolute atomic E-state index is 12.4. The van der Waals surface area contributed by atoms with Crippen LogP contribution in [0.1, 0.15) is 38.2 Å². The van der Waals surface area contributed by atoms with Crippen LogP contribution in [0.15, 0.2) is 18.2 Å². The van der Waals surface area contributed by atoms with E-state index in [1.54, 1.807) is 18.2 Å². The van der Waals surface area contributed by atoms with Crippen molar-refractivity contribution >= 4 is 5.78 Å². The first-order valence-electron chi connectivity index (χ1n) is 7.04. The molecule has 0 bridgehead atoms. The highest BCUT2D eigenvalue weighted by Crippen LogP contribution is 2.34. The van der Waals surface area contributed by atoms with Gasteiger partial charge in [0.15, 0.2) is 17.3 Å². The Labute approximate surface area is 119 Å². The predicted octanol–water partition coefficient (Wildman–Crippen LogP) is 3.07. The van der Waals surface area contributed by atoms with Gasteiger partial charge in [0.2, 0.25) is 0 Å². The second-order valence-corrected chi connectivity index (χ2v) is 4.88. The first kappa shape index (κ1) is 14.4. The Balaban J connectivity index is 2.28. The number of nitrogens with zero attached hydrogens (tertiary/aromatic N) is 1. The summed E-state index contributed by atoms with van der Waals surface area (Å²) in [6.07, 6.45) is 1.52. The molecule has 1 atom stereocenters. The van der Waals surface area contributed by atoms with Crippen molar-refractivity contribution in [3.63, 3.8) is 0 Å². The number of carbonyl (C=O) groups is 1. The van der Waals surface area contributed by atoms with E-state index in [0.29, 0.717) is 30.3 Å². The van der Waals surface area contributed by atoms with Gasteiger partial charge in [0.1, 0.15) is 19.1 Å². The summed E-state index contributed by atoms with van der Waals surface area (Å²) < 4.78 is 11.0. The number of carbonyl (C=O) groups excluding carboxylic acids is 1. The fourth-order valence-corrected chi connectivity index (χ4v) is 2.47. The van der Waals surface area contributed by atoms with Gasteiger partial charge < -0.3 is 9.47 Å². The summed E-state index contributed by atoms with van der Waals surface area (Å²) in [5, 5.41) is 9.35. The Morgan fingerprint density at radius 2 is 1.90 bits per heavy atom. The van der Waals surface area contributed by atoms with Gasteiger partial charge in [-0.2, -0.15) is 5.26 Å². The van der Waals surface area contributed by atoms with Crippen LogP contribution in [-0.4, -0.2) is 19.0 Å². The number of hydrogen-bond acceptors (Lipinski definition) is 4. The summed E-state index contributed by atoms with van der Waals surface area (Å²) in [4.78, 5) is 12.4. The molecular weight excluding hydrogens is 254 g/mol. The molecule has 0 amide bonds. The summed E-state index contributed by atoms with van der Waals surface area (Å²) in [6.45, 7) is 4.98. The monoisotopic (exact) mass is 273 g/mol. The number of hydrogen-bond donors (Lipinski definition) is 0. The molecule has 4 nitrogen and oxygen atoms in total. The highest BCUT2D eigenvalue weighted by molar-refractivity contribution is 5.90. The van der Waals surface area contributed by atoms with Gasteiger partial charge in [-0.1, -0.05) is 19.9 Å². The predicted molar refractivity (Wildman–Crippen MR) is 74.9 cm³/mol. The molecule has 1 heterocycles. The first-order valence-corrected chi connectivity index (χ1v) is 7.04. The molecule has 0 aromatic heterocycles. The van der Waals surface area contributed by atoms with Crippen molar-refractivity contribution < 1.29 is 14.3 Å². The molecule has 1 aliphatic rings. The smallest absolute Gasteiger partial charge is 0.161 e. The number of Topliss-reactive ketones (excluding diaryl/α,β-unsaturated/α-hetero) is 1. The fraction of sp³-hybridized carbons (Fsp3) is 0.500. The van der Waals surface area contributed by atoms with Crippen LogP contribution >= 0.6 is 0 Å². The van der Waals surface area contributed by atoms with E-state index in [-0.39, 0.29) is 11.7 Å². The average molecular weight is 273 g/mol. The van der Waals surface area contributed by atoms with E-state index in [4.69, 9.17) is 9.47 Å². The molecule has 0 aliphatic carbocycles. The minimum Gasteiger partial charge on any atom is -0.486 e. The average Bonchev–Trinajstić information content (AvgIpc) is 2.49. The van der Waals surface area contributed by atoms with Crippen LogP contribution < -0.4 is 9.47 Å². The maximum atomic E-state index is 12.4. The van der Waals surface area contributed by atoms with Crippen LogP contribution in [0.5, 0.6) is 11.5 Å². The van der Waals surface area contributed by atoms with Gasteiger partial charge in [-0.05, 0) is 30.5 Å². The lowest BCUT2D eigenvalue weighted by Gasteiger charge is -2.21. The molecule has 0 saturated heterocycles. The molecule has 4 heteroatoms. The lowest BCUT2D eigenvalue weighted by Crippen LogP contribution is -2.21. The second-order valence-electron chi connectivity index (χ2n) is 4.88. The summed E-state index contributed by atoms with van der Waals surface area (Å²) in [7, 11) is 0. The van der Waals surface area contributed by atoms with Crippen LogP contribution in [0.2, 0.25) is 0 Å². The maximum Gasteiger partial charge on any atom is 0.161 e. The van der Waals surface area contributed by atoms with Crippen molar-refractivity contribution in [2.24, 2.45) is 5.92 Å². The molecule has 0 N–H and O–H groups in total. The molecule has 2 rings (SSSR count). The van der Waals surface area contributed by atoms with Crippen LogP contribution in [0.25, 0.3) is 0 Å². The third-order valence-corrected chi connectivity index (χ3v) is 3.70. The third-order valence-electron chi connectivity index (χ3n) is 3.70. The van der Waals surface area contributed by atoms with Crippen LogP contribution in [0.4, 0.5) is 0 Å². The van der Waals surface area contributed by atoms with E-state index in [9.17, 15) is 10.1 Å². The molecule has 0 spiro atoms. The largest absolute Gasteiger partial charge is 0.486 e. The van der Waals surface area contributed by atoms with E-state index in [2.05, 4.69) is 6.07 Å². The summed E-state index contributed by atoms with van der Waals surface area (Å²) in [5.41, 5.74) is 0.689. The van der Waals surface area contributed by atoms with E-state index < -0.39 is 5.92 Å². The molecular formula is C16H19NO3. The molecule has 20 heavy (non-hydrogen) atoms. The Hall–Kier alpha value is -2.02. The van der Waals surface area contributed by atoms with Gasteiger partial charge in [0.05, 0.1) is 6.07 Å². The topological polar surface area (TPSA) is 59.3 Å². The van der Waals surface area contributed by atoms with E-state index in [1.165, 1.54) is 0 Å². The summed E-state index contributed by atoms with van der Waals surface area (Å²) >= 11 is 0. The van der Waals surface area contributed by atoms with Gasteiger partial charge in [-0.3, -0.25) is 4.79 Å². The molecule has 1 aromatic rings. The van der Waals surface area contributed by atoms with Gasteiger partial charge >= 0.3 is 0 Å². The highest BCUT2D eigenvalue weighted by atomic mass is 16.6. The Morgan fingerprint density at radius 1 is 1.25 bits per heavy atom. The number of fused-ring (bicyclic) bond motifs is 1. The summed E-state index contributed by atoms with van der Waals surface area (Å²) in [5.74, 6) is 0.496. The van der Waals surface area contributed by atoms with Gasteiger partial charge in [0, 0.05) is 5.92 Å². The van der Waals surface area contributed by atoms with Gasteiger partial charge in [-0.15, -0.1) is 0 Å². The number of nitriles is 1. The lowest BCUT2D eigenvalue weighted by molar-refractivity contribution is -0.123. The quantitative estimate of drug-likeness (QED) is 0.827. The molecule has 0 fully saturated rings. The van der Waals surface area contributed by atoms with Gasteiger partial charge in [0.25, 0.3) is 0 Å². The first-order chi connectivity index (χ1) is 9.71. The number of rotatable bonds is 5. The van der Waals surface area contributed by atoms with Crippen LogP contribution in [0, 0.1) is 17.2 Å². The molecule has 0 radical (unpaired) electrons. The zero-order chi connectivity index (χ0) is 14.5. The van der Waals surface area contributed by atoms with Crippen molar-refractivity contribution in [2.45, 2.75) is 32.6 Å². The minimum absolute atomic E-state index is 0.00539. The van der Waals surface area contributed by atoms with Crippen molar-refractivity contribution in [3.05, 3.63) is 23.8 Å². The standard InChI is InChI=1S/C16H19NO3/c1-3-11(4-2)16(18)13(10-17)12-5-6-14-15(9-12)20-8-7-19-14/h5-6,9,11,13H,3-4,7-8H2,1-2H3. The lowest BCUT2D eigenvalue weighted by atomic mass is 9.85. The molecule has 0 saturated carbocycles. The van der Waals surface area contributed by atoms with Crippen LogP contribution in [0.3, 0.4) is 0 Å². The van der Waals surface area contributed by atoms with Gasteiger partial charge in [-0.25, -0.2) is 0 Å². The second kappa shape index (κ2) is 6.42. The third kappa shape index (κ3) is 2.77. The highest BCUT2D eigenvalue weighted by Gasteiger charge is 2.27. The SMILES string of the molecule is CCC(CC)C(=O)C(C#N)c1ccc2c(c1)OCCO2. The Kier molecular flexibility index (Phi) is 4.62. The number of benzene rings is 1. The van der Waals surface area contributed by atoms with E-state index >= 15 is 0 Å². The van der Waals surface area contributed by atoms with Crippen molar-refractivity contribution in [1.29, 1.82) is 5.26 Å². The van der Waals surface area contributed by atoms with Crippen LogP contribution in [-0.2, 0) is 4.79 Å². The molecule has 1 aliphatic heterocycles. The Bertz CT molecular complexity index is 529. The summed E-state index contributed by atoms with van der Waals surface area (Å²) in [6, 6.07) is 7.43. The molecule has 106 valence electrons. The fourth-order valence-electron chi connectivity index (χ4n) is 2.47. The van der Waals surface area contributed by atoms with E-state index in [0.717, 1.165) is 12.8 Å². The zero-order valence-electron chi connectivity index (χ0n) is 11.9. The normalized spacial score (nSPS) is 14.7. The van der Waals surface area contributed by atoms with Crippen molar-refractivity contribution in [2.75, 3.05) is 13.2 Å². The molecule has 1 unspecified atom stereocenters. The molecule has 1 aromatic carbocycles. The van der Waals surface area contributed by atoms with Crippen molar-refractivity contribution in [3.8, 4) is 17.6 Å². The minimum atomic E-state index is -0.726.